The van der Waals surface area contributed by atoms with E-state index in [1.807, 2.05) is 0 Å². The van der Waals surface area contributed by atoms with Crippen LogP contribution in [0.15, 0.2) is 23.3 Å². The van der Waals surface area contributed by atoms with Crippen LogP contribution in [0, 0.1) is 46.3 Å². The minimum absolute atomic E-state index is 0.161. The lowest BCUT2D eigenvalue weighted by atomic mass is 9.47. The molecule has 0 spiro atoms. The Bertz CT molecular complexity index is 750. The van der Waals surface area contributed by atoms with E-state index in [0.717, 1.165) is 48.5 Å². The van der Waals surface area contributed by atoms with Crippen LogP contribution in [-0.4, -0.2) is 22.4 Å². The lowest BCUT2D eigenvalue weighted by Crippen LogP contribution is -2.52. The Morgan fingerprint density at radius 1 is 0.969 bits per heavy atom. The molecule has 0 amide bonds. The Hall–Kier alpha value is -0.600. The Morgan fingerprint density at radius 3 is 2.34 bits per heavy atom. The Labute approximate surface area is 198 Å². The molecule has 9 atom stereocenters. The molecule has 3 fully saturated rings. The zero-order chi connectivity index (χ0) is 23.4. The van der Waals surface area contributed by atoms with Gasteiger partial charge in [-0.05, 0) is 109 Å². The summed E-state index contributed by atoms with van der Waals surface area (Å²) < 4.78 is 0. The van der Waals surface area contributed by atoms with Crippen LogP contribution in [0.5, 0.6) is 0 Å². The average Bonchev–Trinajstić information content (AvgIpc) is 3.10. The molecule has 182 valence electrons. The monoisotopic (exact) mass is 442 g/mol. The standard InChI is InChI=1S/C30H50O2/c1-8-21(18(2)3)10-9-19(4)22-11-12-23-28-24(13-15-29(22,23)6)30(7)16-14-26(31)20(5)25(30)17-27(28)32/h18-19,21-22,24-27,31-32H,5,8-17H2,1-4,6-7H3/t19-,21+,22-,24?,25?,26+,27-,29-,30-/m1/s1. The lowest BCUT2D eigenvalue weighted by Gasteiger charge is -2.58. The van der Waals surface area contributed by atoms with Gasteiger partial charge in [0.15, 0.2) is 0 Å². The summed E-state index contributed by atoms with van der Waals surface area (Å²) in [4.78, 5) is 0. The molecule has 0 aromatic rings. The van der Waals surface area contributed by atoms with Crippen LogP contribution in [0.3, 0.4) is 0 Å². The summed E-state index contributed by atoms with van der Waals surface area (Å²) >= 11 is 0. The van der Waals surface area contributed by atoms with Gasteiger partial charge < -0.3 is 10.2 Å². The molecule has 0 aliphatic heterocycles. The zero-order valence-electron chi connectivity index (χ0n) is 21.8. The second kappa shape index (κ2) is 8.88. The third kappa shape index (κ3) is 3.76. The minimum Gasteiger partial charge on any atom is -0.389 e. The van der Waals surface area contributed by atoms with Crippen molar-refractivity contribution in [2.75, 3.05) is 0 Å². The molecule has 2 unspecified atom stereocenters. The van der Waals surface area contributed by atoms with Crippen LogP contribution in [0.4, 0.5) is 0 Å². The van der Waals surface area contributed by atoms with Gasteiger partial charge in [-0.2, -0.15) is 0 Å². The summed E-state index contributed by atoms with van der Waals surface area (Å²) in [5.41, 5.74) is 4.51. The van der Waals surface area contributed by atoms with Gasteiger partial charge >= 0.3 is 0 Å². The van der Waals surface area contributed by atoms with E-state index in [1.54, 1.807) is 5.57 Å². The second-order valence-electron chi connectivity index (χ2n) is 13.0. The first-order valence-electron chi connectivity index (χ1n) is 13.8. The first-order valence-corrected chi connectivity index (χ1v) is 13.8. The molecule has 3 saturated carbocycles. The van der Waals surface area contributed by atoms with Crippen molar-refractivity contribution in [1.82, 2.24) is 0 Å². The van der Waals surface area contributed by atoms with Gasteiger partial charge in [0.25, 0.3) is 0 Å². The molecule has 0 radical (unpaired) electrons. The summed E-state index contributed by atoms with van der Waals surface area (Å²) in [5.74, 6) is 3.90. The van der Waals surface area contributed by atoms with Crippen molar-refractivity contribution in [2.24, 2.45) is 46.3 Å². The SMILES string of the molecule is C=C1C2C[C@@H](O)C3=C4CC[C@H]([C@H](C)CC[C@H](CC)C(C)C)[C@@]4(C)CCC3[C@@]2(C)CC[C@@H]1O. The van der Waals surface area contributed by atoms with E-state index in [0.29, 0.717) is 5.92 Å². The quantitative estimate of drug-likeness (QED) is 0.423. The molecule has 0 bridgehead atoms. The van der Waals surface area contributed by atoms with E-state index in [1.165, 1.54) is 50.5 Å². The number of aliphatic hydroxyl groups is 2. The molecule has 4 aliphatic carbocycles. The molecule has 2 N–H and O–H groups in total. The first-order chi connectivity index (χ1) is 15.0. The topological polar surface area (TPSA) is 40.5 Å². The van der Waals surface area contributed by atoms with Gasteiger partial charge in [0.05, 0.1) is 12.2 Å². The van der Waals surface area contributed by atoms with Crippen molar-refractivity contribution < 1.29 is 10.2 Å². The van der Waals surface area contributed by atoms with Crippen LogP contribution in [0.1, 0.15) is 106 Å². The van der Waals surface area contributed by atoms with E-state index in [4.69, 9.17) is 0 Å². The van der Waals surface area contributed by atoms with Crippen molar-refractivity contribution >= 4 is 0 Å². The van der Waals surface area contributed by atoms with Crippen molar-refractivity contribution in [1.29, 1.82) is 0 Å². The van der Waals surface area contributed by atoms with Crippen LogP contribution in [-0.2, 0) is 0 Å². The highest BCUT2D eigenvalue weighted by Gasteiger charge is 2.58. The van der Waals surface area contributed by atoms with Crippen LogP contribution in [0.25, 0.3) is 0 Å². The summed E-state index contributed by atoms with van der Waals surface area (Å²) in [6, 6.07) is 0. The van der Waals surface area contributed by atoms with Gasteiger partial charge in [-0.25, -0.2) is 0 Å². The Morgan fingerprint density at radius 2 is 1.69 bits per heavy atom. The van der Waals surface area contributed by atoms with Crippen molar-refractivity contribution in [3.05, 3.63) is 23.3 Å². The Balaban J connectivity index is 1.58. The highest BCUT2D eigenvalue weighted by molar-refractivity contribution is 5.39. The van der Waals surface area contributed by atoms with Gasteiger partial charge in [0.2, 0.25) is 0 Å². The molecule has 4 rings (SSSR count). The third-order valence-electron chi connectivity index (χ3n) is 11.3. The normalized spacial score (nSPS) is 43.7. The fraction of sp³-hybridized carbons (Fsp3) is 0.867. The molecule has 0 saturated heterocycles. The molecule has 0 aromatic carbocycles. The van der Waals surface area contributed by atoms with E-state index in [2.05, 4.69) is 48.1 Å². The number of rotatable bonds is 6. The van der Waals surface area contributed by atoms with Crippen molar-refractivity contribution in [3.63, 3.8) is 0 Å². The molecular weight excluding hydrogens is 392 g/mol. The maximum Gasteiger partial charge on any atom is 0.0761 e. The first kappa shape index (κ1) is 24.5. The maximum absolute atomic E-state index is 11.4. The smallest absolute Gasteiger partial charge is 0.0761 e. The lowest BCUT2D eigenvalue weighted by molar-refractivity contribution is -0.0327. The van der Waals surface area contributed by atoms with Crippen molar-refractivity contribution in [3.8, 4) is 0 Å². The molecule has 0 aromatic heterocycles. The molecule has 4 aliphatic rings. The van der Waals surface area contributed by atoms with Crippen molar-refractivity contribution in [2.45, 2.75) is 118 Å². The average molecular weight is 443 g/mol. The summed E-state index contributed by atoms with van der Waals surface area (Å²) in [5, 5.41) is 21.9. The van der Waals surface area contributed by atoms with Gasteiger partial charge in [-0.3, -0.25) is 0 Å². The predicted molar refractivity (Wildman–Crippen MR) is 134 cm³/mol. The highest BCUT2D eigenvalue weighted by Crippen LogP contribution is 2.66. The predicted octanol–water partition coefficient (Wildman–Crippen LogP) is 7.31. The highest BCUT2D eigenvalue weighted by atomic mass is 16.3. The second-order valence-corrected chi connectivity index (χ2v) is 13.0. The molecule has 2 nitrogen and oxygen atoms in total. The third-order valence-corrected chi connectivity index (χ3v) is 11.3. The van der Waals surface area contributed by atoms with Gasteiger partial charge in [-0.15, -0.1) is 0 Å². The molecule has 0 heterocycles. The minimum atomic E-state index is -0.377. The number of hydrogen-bond donors (Lipinski definition) is 2. The maximum atomic E-state index is 11.4. The number of aliphatic hydroxyl groups excluding tert-OH is 2. The number of allylic oxidation sites excluding steroid dienone is 1. The van der Waals surface area contributed by atoms with Gasteiger partial charge in [0.1, 0.15) is 0 Å². The van der Waals surface area contributed by atoms with E-state index in [-0.39, 0.29) is 29.0 Å². The van der Waals surface area contributed by atoms with E-state index in [9.17, 15) is 10.2 Å². The van der Waals surface area contributed by atoms with Crippen LogP contribution >= 0.6 is 0 Å². The van der Waals surface area contributed by atoms with Crippen LogP contribution < -0.4 is 0 Å². The largest absolute Gasteiger partial charge is 0.389 e. The summed E-state index contributed by atoms with van der Waals surface area (Å²) in [6.45, 7) is 18.9. The summed E-state index contributed by atoms with van der Waals surface area (Å²) in [7, 11) is 0. The van der Waals surface area contributed by atoms with Crippen LogP contribution in [0.2, 0.25) is 0 Å². The zero-order valence-corrected chi connectivity index (χ0v) is 21.8. The number of fused-ring (bicyclic) bond motifs is 4. The van der Waals surface area contributed by atoms with E-state index >= 15 is 0 Å². The summed E-state index contributed by atoms with van der Waals surface area (Å²) in [6.07, 6.45) is 11.0. The fourth-order valence-corrected chi connectivity index (χ4v) is 9.12. The molecule has 32 heavy (non-hydrogen) atoms. The molecular formula is C30H50O2. The molecule has 2 heteroatoms. The van der Waals surface area contributed by atoms with Gasteiger partial charge in [0, 0.05) is 0 Å². The Kier molecular flexibility index (Phi) is 6.80. The number of hydrogen-bond acceptors (Lipinski definition) is 2. The van der Waals surface area contributed by atoms with Gasteiger partial charge in [-0.1, -0.05) is 66.5 Å². The van der Waals surface area contributed by atoms with E-state index < -0.39 is 0 Å². The fourth-order valence-electron chi connectivity index (χ4n) is 9.12.